The molecule has 1 aliphatic rings. The Morgan fingerprint density at radius 1 is 0.850 bits per heavy atom. The number of imide groups is 1. The summed E-state index contributed by atoms with van der Waals surface area (Å²) in [5.74, 6) is -3.45. The molecular formula is C29H33N3O7S. The van der Waals surface area contributed by atoms with E-state index in [1.807, 2.05) is 13.8 Å². The van der Waals surface area contributed by atoms with Gasteiger partial charge in [0, 0.05) is 19.9 Å². The normalized spacial score (nSPS) is 14.8. The van der Waals surface area contributed by atoms with E-state index in [0.29, 0.717) is 0 Å². The third-order valence-corrected chi connectivity index (χ3v) is 7.40. The molecule has 0 aromatic heterocycles. The summed E-state index contributed by atoms with van der Waals surface area (Å²) >= 11 is 0.745. The number of carbonyl (C=O) groups is 6. The van der Waals surface area contributed by atoms with Crippen molar-refractivity contribution in [2.24, 2.45) is 5.92 Å². The topological polar surface area (TPSA) is 150 Å². The van der Waals surface area contributed by atoms with Crippen molar-refractivity contribution in [2.75, 3.05) is 6.54 Å². The average molecular weight is 568 g/mol. The number of carboxylic acids is 1. The van der Waals surface area contributed by atoms with Crippen LogP contribution in [0.4, 0.5) is 0 Å². The van der Waals surface area contributed by atoms with Crippen molar-refractivity contribution < 1.29 is 33.9 Å². The molecular weight excluding hydrogens is 534 g/mol. The first-order valence-corrected chi connectivity index (χ1v) is 13.9. The molecule has 2 aromatic carbocycles. The van der Waals surface area contributed by atoms with E-state index >= 15 is 0 Å². The third kappa shape index (κ3) is 8.01. The maximum atomic E-state index is 13.3. The Bertz CT molecular complexity index is 1250. The van der Waals surface area contributed by atoms with Gasteiger partial charge in [0.1, 0.15) is 12.1 Å². The molecule has 0 fully saturated rings. The van der Waals surface area contributed by atoms with Crippen LogP contribution in [0.5, 0.6) is 0 Å². The minimum atomic E-state index is -1.21. The molecule has 0 aliphatic carbocycles. The van der Waals surface area contributed by atoms with Crippen LogP contribution in [0.2, 0.25) is 0 Å². The van der Waals surface area contributed by atoms with Crippen molar-refractivity contribution in [3.05, 3.63) is 71.3 Å². The fourth-order valence-electron chi connectivity index (χ4n) is 4.42. The predicted octanol–water partition coefficient (Wildman–Crippen LogP) is 2.66. The largest absolute Gasteiger partial charge is 0.480 e. The zero-order chi connectivity index (χ0) is 29.4. The lowest BCUT2D eigenvalue weighted by molar-refractivity contribution is -0.142. The summed E-state index contributed by atoms with van der Waals surface area (Å²) in [7, 11) is 0. The lowest BCUT2D eigenvalue weighted by Crippen LogP contribution is -2.54. The second-order valence-electron chi connectivity index (χ2n) is 9.97. The lowest BCUT2D eigenvalue weighted by Gasteiger charge is -2.25. The molecule has 2 aromatic rings. The molecule has 212 valence electrons. The number of carbonyl (C=O) groups excluding carboxylic acids is 5. The first-order valence-electron chi connectivity index (χ1n) is 13.0. The Morgan fingerprint density at radius 2 is 1.40 bits per heavy atom. The molecule has 4 amide bonds. The molecule has 10 nitrogen and oxygen atoms in total. The van der Waals surface area contributed by atoms with Crippen LogP contribution in [0.1, 0.15) is 59.9 Å². The van der Waals surface area contributed by atoms with Gasteiger partial charge in [-0.3, -0.25) is 28.9 Å². The van der Waals surface area contributed by atoms with Crippen LogP contribution >= 0.6 is 11.8 Å². The van der Waals surface area contributed by atoms with Gasteiger partial charge in [0.25, 0.3) is 11.8 Å². The number of amides is 4. The van der Waals surface area contributed by atoms with E-state index in [1.54, 1.807) is 54.6 Å². The molecule has 0 saturated heterocycles. The summed E-state index contributed by atoms with van der Waals surface area (Å²) in [6.45, 7) is 4.92. The monoisotopic (exact) mass is 567 g/mol. The standard InChI is InChI=1S/C29H33N3O7S/c1-17(2)15-22(25(34)31-23(29(38)39)16-19-9-5-4-6-10-19)30-26(35)24(40-18(3)33)13-14-32-27(36)20-11-7-8-12-21(20)28(32)37/h4-12,17,22-24H,13-16H2,1-3H3,(H,30,35)(H,31,34)(H,38,39)/t22?,23-,24?/m0/s1. The van der Waals surface area contributed by atoms with E-state index < -0.39 is 46.9 Å². The average Bonchev–Trinajstić information content (AvgIpc) is 3.15. The van der Waals surface area contributed by atoms with E-state index in [0.717, 1.165) is 22.2 Å². The summed E-state index contributed by atoms with van der Waals surface area (Å²) in [5, 5.41) is 13.6. The highest BCUT2D eigenvalue weighted by molar-refractivity contribution is 8.14. The highest BCUT2D eigenvalue weighted by Crippen LogP contribution is 2.25. The molecule has 40 heavy (non-hydrogen) atoms. The number of rotatable bonds is 13. The van der Waals surface area contributed by atoms with Gasteiger partial charge in [-0.2, -0.15) is 0 Å². The Balaban J connectivity index is 1.70. The minimum absolute atomic E-state index is 0.0106. The number of hydrogen-bond donors (Lipinski definition) is 3. The van der Waals surface area contributed by atoms with Crippen LogP contribution in [-0.4, -0.2) is 68.6 Å². The van der Waals surface area contributed by atoms with E-state index in [4.69, 9.17) is 0 Å². The maximum absolute atomic E-state index is 13.3. The summed E-state index contributed by atoms with van der Waals surface area (Å²) in [4.78, 5) is 76.8. The molecule has 3 N–H and O–H groups in total. The zero-order valence-electron chi connectivity index (χ0n) is 22.6. The van der Waals surface area contributed by atoms with Gasteiger partial charge in [0.2, 0.25) is 11.8 Å². The molecule has 3 atom stereocenters. The molecule has 3 rings (SSSR count). The van der Waals surface area contributed by atoms with Gasteiger partial charge in [0.15, 0.2) is 5.12 Å². The van der Waals surface area contributed by atoms with Crippen LogP contribution in [0.15, 0.2) is 54.6 Å². The quantitative estimate of drug-likeness (QED) is 0.313. The Hall–Kier alpha value is -3.99. The van der Waals surface area contributed by atoms with E-state index in [-0.39, 0.29) is 48.0 Å². The molecule has 0 radical (unpaired) electrons. The summed E-state index contributed by atoms with van der Waals surface area (Å²) < 4.78 is 0. The van der Waals surface area contributed by atoms with Crippen LogP contribution in [0.25, 0.3) is 0 Å². The van der Waals surface area contributed by atoms with Crippen LogP contribution in [0, 0.1) is 5.92 Å². The Kier molecular flexibility index (Phi) is 10.6. The number of hydrogen-bond acceptors (Lipinski definition) is 7. The number of fused-ring (bicyclic) bond motifs is 1. The molecule has 1 heterocycles. The van der Waals surface area contributed by atoms with Crippen molar-refractivity contribution in [1.29, 1.82) is 0 Å². The fraction of sp³-hybridized carbons (Fsp3) is 0.379. The maximum Gasteiger partial charge on any atom is 0.326 e. The fourth-order valence-corrected chi connectivity index (χ4v) is 5.22. The zero-order valence-corrected chi connectivity index (χ0v) is 23.4. The molecule has 11 heteroatoms. The van der Waals surface area contributed by atoms with Crippen molar-refractivity contribution in [3.8, 4) is 0 Å². The molecule has 0 bridgehead atoms. The third-order valence-electron chi connectivity index (χ3n) is 6.33. The van der Waals surface area contributed by atoms with Gasteiger partial charge in [-0.1, -0.05) is 68.1 Å². The summed E-state index contributed by atoms with van der Waals surface area (Å²) in [6.07, 6.45) is 0.280. The minimum Gasteiger partial charge on any atom is -0.480 e. The van der Waals surface area contributed by atoms with E-state index in [9.17, 15) is 33.9 Å². The molecule has 2 unspecified atom stereocenters. The highest BCUT2D eigenvalue weighted by Gasteiger charge is 2.36. The van der Waals surface area contributed by atoms with Crippen molar-refractivity contribution >= 4 is 46.5 Å². The van der Waals surface area contributed by atoms with Gasteiger partial charge in [-0.25, -0.2) is 4.79 Å². The number of nitrogens with one attached hydrogen (secondary N) is 2. The highest BCUT2D eigenvalue weighted by atomic mass is 32.2. The van der Waals surface area contributed by atoms with Crippen molar-refractivity contribution in [1.82, 2.24) is 15.5 Å². The summed E-state index contributed by atoms with van der Waals surface area (Å²) in [6, 6.07) is 13.0. The summed E-state index contributed by atoms with van der Waals surface area (Å²) in [5.41, 5.74) is 1.29. The van der Waals surface area contributed by atoms with Crippen LogP contribution in [-0.2, 0) is 25.6 Å². The van der Waals surface area contributed by atoms with E-state index in [2.05, 4.69) is 10.6 Å². The van der Waals surface area contributed by atoms with Gasteiger partial charge in [-0.05, 0) is 36.5 Å². The number of aliphatic carboxylic acids is 1. The van der Waals surface area contributed by atoms with Gasteiger partial charge in [-0.15, -0.1) is 0 Å². The lowest BCUT2D eigenvalue weighted by atomic mass is 10.0. The first-order chi connectivity index (χ1) is 19.0. The van der Waals surface area contributed by atoms with Gasteiger partial charge in [0.05, 0.1) is 16.4 Å². The number of carboxylic acid groups (broad SMARTS) is 1. The van der Waals surface area contributed by atoms with E-state index in [1.165, 1.54) is 6.92 Å². The number of nitrogens with zero attached hydrogens (tertiary/aromatic N) is 1. The predicted molar refractivity (Wildman–Crippen MR) is 150 cm³/mol. The number of thioether (sulfide) groups is 1. The SMILES string of the molecule is CC(=O)SC(CCN1C(=O)c2ccccc2C1=O)C(=O)NC(CC(C)C)C(=O)N[C@@H](Cc1ccccc1)C(=O)O. The van der Waals surface area contributed by atoms with Crippen molar-refractivity contribution in [2.45, 2.75) is 57.4 Å². The first kappa shape index (κ1) is 30.6. The molecule has 0 saturated carbocycles. The van der Waals surface area contributed by atoms with Crippen LogP contribution < -0.4 is 10.6 Å². The Morgan fingerprint density at radius 3 is 1.93 bits per heavy atom. The second-order valence-corrected chi connectivity index (χ2v) is 11.4. The Labute approximate surface area is 236 Å². The number of benzene rings is 2. The smallest absolute Gasteiger partial charge is 0.326 e. The molecule has 0 spiro atoms. The molecule has 1 aliphatic heterocycles. The van der Waals surface area contributed by atoms with Gasteiger partial charge >= 0.3 is 5.97 Å². The van der Waals surface area contributed by atoms with Gasteiger partial charge < -0.3 is 15.7 Å². The van der Waals surface area contributed by atoms with Crippen LogP contribution in [0.3, 0.4) is 0 Å². The second kappa shape index (κ2) is 13.9. The van der Waals surface area contributed by atoms with Crippen molar-refractivity contribution in [3.63, 3.8) is 0 Å².